The van der Waals surface area contributed by atoms with E-state index in [1.165, 1.54) is 0 Å². The summed E-state index contributed by atoms with van der Waals surface area (Å²) in [5.74, 6) is 1.17. The zero-order valence-corrected chi connectivity index (χ0v) is 20.8. The number of hydrogen-bond acceptors (Lipinski definition) is 8. The number of benzene rings is 1. The highest BCUT2D eigenvalue weighted by atomic mass is 32.1. The van der Waals surface area contributed by atoms with Gasteiger partial charge in [0, 0.05) is 40.5 Å². The first-order chi connectivity index (χ1) is 12.4. The maximum Gasteiger partial charge on any atom is 0.492 e. The highest BCUT2D eigenvalue weighted by Gasteiger charge is 2.54. The summed E-state index contributed by atoms with van der Waals surface area (Å²) in [5, 5.41) is 0.954. The molecule has 150 valence electrons. The Labute approximate surface area is 171 Å². The van der Waals surface area contributed by atoms with Crippen LogP contribution in [0.1, 0.15) is 0 Å². The molecule has 0 fully saturated rings. The maximum absolute atomic E-state index is 6.57. The predicted molar refractivity (Wildman–Crippen MR) is 117 cm³/mol. The van der Waals surface area contributed by atoms with E-state index in [0.29, 0.717) is 23.6 Å². The average molecular weight is 455 g/mol. The topological polar surface area (TPSA) is 55.4 Å². The highest BCUT2D eigenvalue weighted by Crippen LogP contribution is 2.27. The molecule has 1 rings (SSSR count). The van der Waals surface area contributed by atoms with E-state index >= 15 is 0 Å². The first-order valence-corrected chi connectivity index (χ1v) is 15.7. The Bertz CT molecular complexity index is 493. The second kappa shape index (κ2) is 11.4. The van der Waals surface area contributed by atoms with Gasteiger partial charge < -0.3 is 25.9 Å². The summed E-state index contributed by atoms with van der Waals surface area (Å²) in [5.41, 5.74) is 0. The monoisotopic (exact) mass is 454 g/mol. The van der Waals surface area contributed by atoms with Crippen LogP contribution in [0.25, 0.3) is 0 Å². The molecule has 0 atom stereocenters. The summed E-state index contributed by atoms with van der Waals surface area (Å²) >= 11 is 8.67. The fourth-order valence-electron chi connectivity index (χ4n) is 2.59. The summed E-state index contributed by atoms with van der Waals surface area (Å²) < 4.78 is 36.0. The molecule has 0 heterocycles. The minimum Gasteiger partial charge on any atom is -0.390 e. The molecule has 0 aliphatic rings. The van der Waals surface area contributed by atoms with Crippen molar-refractivity contribution < 1.29 is 25.9 Å². The summed E-state index contributed by atoms with van der Waals surface area (Å²) in [6.45, 7) is 1.97. The average Bonchev–Trinajstić information content (AvgIpc) is 2.68. The summed E-state index contributed by atoms with van der Waals surface area (Å²) in [4.78, 5) is 0. The largest absolute Gasteiger partial charge is 0.492 e. The minimum atomic E-state index is -3.00. The molecule has 1 aromatic carbocycles. The van der Waals surface area contributed by atoms with Gasteiger partial charge in [-0.25, -0.2) is 0 Å². The van der Waals surface area contributed by atoms with Crippen LogP contribution < -0.4 is 5.19 Å². The van der Waals surface area contributed by atoms with Crippen molar-refractivity contribution in [1.29, 1.82) is 0 Å². The molecule has 0 radical (unpaired) electrons. The fourth-order valence-corrected chi connectivity index (χ4v) is 15.1. The Morgan fingerprint density at radius 1 is 0.731 bits per heavy atom. The first-order valence-electron chi connectivity index (χ1n) is 8.27. The van der Waals surface area contributed by atoms with Crippen molar-refractivity contribution in [3.63, 3.8) is 0 Å². The first kappa shape index (κ1) is 24.4. The van der Waals surface area contributed by atoms with Gasteiger partial charge in [0.2, 0.25) is 0 Å². The molecule has 1 aromatic rings. The van der Waals surface area contributed by atoms with E-state index < -0.39 is 26.2 Å². The molecule has 6 nitrogen and oxygen atoms in total. The lowest BCUT2D eigenvalue weighted by Crippen LogP contribution is -2.66. The minimum absolute atomic E-state index is 0.572. The van der Waals surface area contributed by atoms with Gasteiger partial charge in [-0.05, 0) is 23.2 Å². The van der Waals surface area contributed by atoms with Crippen LogP contribution in [-0.2, 0) is 25.9 Å². The zero-order chi connectivity index (χ0) is 19.7. The van der Waals surface area contributed by atoms with E-state index in [4.69, 9.17) is 25.9 Å². The molecule has 0 amide bonds. The van der Waals surface area contributed by atoms with Crippen LogP contribution in [-0.4, -0.2) is 66.1 Å². The Kier molecular flexibility index (Phi) is 10.6. The van der Waals surface area contributed by atoms with Crippen LogP contribution in [0, 0.1) is 0 Å². The van der Waals surface area contributed by atoms with E-state index in [2.05, 4.69) is 25.3 Å². The number of thiol groups is 2. The van der Waals surface area contributed by atoms with Gasteiger partial charge in [-0.15, -0.1) is 0 Å². The van der Waals surface area contributed by atoms with E-state index in [9.17, 15) is 0 Å². The maximum atomic E-state index is 6.57. The van der Waals surface area contributed by atoms with Gasteiger partial charge in [-0.3, -0.25) is 0 Å². The van der Waals surface area contributed by atoms with E-state index in [1.54, 1.807) is 28.4 Å². The van der Waals surface area contributed by atoms with Crippen LogP contribution >= 0.6 is 25.3 Å². The smallest absolute Gasteiger partial charge is 0.390 e. The van der Waals surface area contributed by atoms with Crippen LogP contribution in [0.4, 0.5) is 0 Å². The van der Waals surface area contributed by atoms with Crippen LogP contribution in [0.2, 0.25) is 18.6 Å². The second-order valence-electron chi connectivity index (χ2n) is 5.65. The predicted octanol–water partition coefficient (Wildman–Crippen LogP) is 2.32. The fraction of sp³-hybridized carbons (Fsp3) is 0.600. The molecule has 26 heavy (non-hydrogen) atoms. The molecule has 0 saturated heterocycles. The summed E-state index contributed by atoms with van der Waals surface area (Å²) in [6.07, 6.45) is 0. The number of rotatable bonds is 13. The van der Waals surface area contributed by atoms with Gasteiger partial charge >= 0.3 is 26.2 Å². The summed E-state index contributed by atoms with van der Waals surface area (Å²) in [7, 11) is -2.51. The van der Waals surface area contributed by atoms with Crippen LogP contribution in [0.15, 0.2) is 30.3 Å². The molecule has 0 bridgehead atoms. The molecule has 0 saturated carbocycles. The summed E-state index contributed by atoms with van der Waals surface area (Å²) in [6, 6.07) is 11.0. The standard InChI is InChI=1S/C15H30O6S2Si3/c1-16-25(17-2,13-11-22)20-24(5,15-9-7-6-8-10-15)21-26(18-3,19-4)14-12-23/h6-10,22-23H,11-14H2,1-5H3. The molecular weight excluding hydrogens is 425 g/mol. The van der Waals surface area contributed by atoms with Gasteiger partial charge in [0.25, 0.3) is 0 Å². The molecule has 0 N–H and O–H groups in total. The molecule has 0 spiro atoms. The van der Waals surface area contributed by atoms with E-state index in [-0.39, 0.29) is 0 Å². The van der Waals surface area contributed by atoms with Gasteiger partial charge in [0.15, 0.2) is 0 Å². The quantitative estimate of drug-likeness (QED) is 0.352. The van der Waals surface area contributed by atoms with Gasteiger partial charge in [-0.2, -0.15) is 25.3 Å². The van der Waals surface area contributed by atoms with Crippen molar-refractivity contribution in [2.75, 3.05) is 39.9 Å². The van der Waals surface area contributed by atoms with Crippen molar-refractivity contribution in [3.8, 4) is 0 Å². The van der Waals surface area contributed by atoms with Gasteiger partial charge in [0.1, 0.15) is 0 Å². The lowest BCUT2D eigenvalue weighted by Gasteiger charge is -2.40. The van der Waals surface area contributed by atoms with Crippen molar-refractivity contribution in [3.05, 3.63) is 30.3 Å². The van der Waals surface area contributed by atoms with E-state index in [0.717, 1.165) is 5.19 Å². The van der Waals surface area contributed by atoms with Crippen LogP contribution in [0.3, 0.4) is 0 Å². The van der Waals surface area contributed by atoms with Gasteiger partial charge in [0.05, 0.1) is 0 Å². The van der Waals surface area contributed by atoms with Crippen molar-refractivity contribution in [2.45, 2.75) is 18.6 Å². The lowest BCUT2D eigenvalue weighted by atomic mass is 10.4. The molecule has 0 unspecified atom stereocenters. The van der Waals surface area contributed by atoms with Crippen molar-refractivity contribution in [1.82, 2.24) is 0 Å². The Balaban J connectivity index is 3.35. The molecule has 0 aromatic heterocycles. The Morgan fingerprint density at radius 3 is 1.42 bits per heavy atom. The normalized spacial score (nSPS) is 13.2. The molecular formula is C15H30O6S2Si3. The third kappa shape index (κ3) is 6.17. The van der Waals surface area contributed by atoms with E-state index in [1.807, 2.05) is 36.9 Å². The number of hydrogen-bond donors (Lipinski definition) is 2. The van der Waals surface area contributed by atoms with Gasteiger partial charge in [-0.1, -0.05) is 30.3 Å². The third-order valence-electron chi connectivity index (χ3n) is 4.08. The molecule has 0 aliphatic heterocycles. The van der Waals surface area contributed by atoms with Crippen molar-refractivity contribution >= 4 is 56.6 Å². The second-order valence-corrected chi connectivity index (χ2v) is 16.0. The molecule has 0 aliphatic carbocycles. The highest BCUT2D eigenvalue weighted by molar-refractivity contribution is 7.80. The van der Waals surface area contributed by atoms with Crippen molar-refractivity contribution in [2.24, 2.45) is 0 Å². The van der Waals surface area contributed by atoms with Crippen LogP contribution in [0.5, 0.6) is 0 Å². The zero-order valence-electron chi connectivity index (χ0n) is 16.1. The SMILES string of the molecule is CO[Si](CCS)(OC)O[Si](C)(O[Si](CCS)(OC)OC)c1ccccc1. The molecule has 11 heteroatoms. The third-order valence-corrected chi connectivity index (χ3v) is 16.6. The Hall–Kier alpha value is 0.331. The lowest BCUT2D eigenvalue weighted by molar-refractivity contribution is 0.120. The Morgan fingerprint density at radius 2 is 1.12 bits per heavy atom.